The van der Waals surface area contributed by atoms with E-state index in [1.165, 1.54) is 6.07 Å². The lowest BCUT2D eigenvalue weighted by Gasteiger charge is -2.09. The van der Waals surface area contributed by atoms with E-state index < -0.39 is 38.2 Å². The highest BCUT2D eigenvalue weighted by atomic mass is 79.9. The van der Waals surface area contributed by atoms with E-state index in [9.17, 15) is 21.6 Å². The zero-order valence-corrected chi connectivity index (χ0v) is 12.0. The number of hydrogen-bond donors (Lipinski definition) is 0. The van der Waals surface area contributed by atoms with Gasteiger partial charge in [0.1, 0.15) is 16.5 Å². The van der Waals surface area contributed by atoms with Crippen LogP contribution in [-0.4, -0.2) is 8.42 Å². The molecule has 0 amide bonds. The normalized spacial score (nSPS) is 11.4. The van der Waals surface area contributed by atoms with Crippen molar-refractivity contribution >= 4 is 26.0 Å². The molecule has 0 aliphatic rings. The van der Waals surface area contributed by atoms with Crippen molar-refractivity contribution in [2.75, 3.05) is 0 Å². The summed E-state index contributed by atoms with van der Waals surface area (Å²) in [7, 11) is -4.57. The van der Waals surface area contributed by atoms with Crippen LogP contribution in [0.4, 0.5) is 13.2 Å². The molecule has 0 fully saturated rings. The van der Waals surface area contributed by atoms with Gasteiger partial charge in [0.25, 0.3) is 0 Å². The topological polar surface area (TPSA) is 43.4 Å². The van der Waals surface area contributed by atoms with Crippen LogP contribution < -0.4 is 4.18 Å². The molecule has 8 heteroatoms. The van der Waals surface area contributed by atoms with Crippen molar-refractivity contribution in [3.05, 3.63) is 58.3 Å². The molecule has 0 radical (unpaired) electrons. The van der Waals surface area contributed by atoms with Gasteiger partial charge < -0.3 is 4.18 Å². The number of halogens is 4. The summed E-state index contributed by atoms with van der Waals surface area (Å²) in [4.78, 5) is -0.754. The first-order valence-electron chi connectivity index (χ1n) is 5.14. The van der Waals surface area contributed by atoms with Crippen LogP contribution in [0.5, 0.6) is 5.75 Å². The molecule has 0 spiro atoms. The third-order valence-electron chi connectivity index (χ3n) is 2.26. The lowest BCUT2D eigenvalue weighted by atomic mass is 10.3. The molecule has 0 heterocycles. The Bertz CT molecular complexity index is 763. The van der Waals surface area contributed by atoms with E-state index in [1.54, 1.807) is 0 Å². The highest BCUT2D eigenvalue weighted by Crippen LogP contribution is 2.25. The molecule has 0 N–H and O–H groups in total. The lowest BCUT2D eigenvalue weighted by Crippen LogP contribution is -2.12. The summed E-state index contributed by atoms with van der Waals surface area (Å²) >= 11 is 2.99. The van der Waals surface area contributed by atoms with Crippen molar-refractivity contribution in [3.8, 4) is 5.75 Å². The number of benzene rings is 2. The summed E-state index contributed by atoms with van der Waals surface area (Å²) in [6.45, 7) is 0. The Labute approximate surface area is 121 Å². The molecule has 2 aromatic carbocycles. The monoisotopic (exact) mass is 366 g/mol. The van der Waals surface area contributed by atoms with Crippen LogP contribution in [0.2, 0.25) is 0 Å². The van der Waals surface area contributed by atoms with Crippen LogP contribution in [0, 0.1) is 17.5 Å². The fourth-order valence-corrected chi connectivity index (χ4v) is 2.93. The molecule has 0 aliphatic carbocycles. The largest absolute Gasteiger partial charge is 0.376 e. The van der Waals surface area contributed by atoms with Gasteiger partial charge in [-0.05, 0) is 30.3 Å². The predicted octanol–water partition coefficient (Wildman–Crippen LogP) is 3.63. The van der Waals surface area contributed by atoms with Gasteiger partial charge in [0.15, 0.2) is 11.6 Å². The van der Waals surface area contributed by atoms with E-state index in [2.05, 4.69) is 20.1 Å². The van der Waals surface area contributed by atoms with E-state index in [0.29, 0.717) is 10.5 Å². The zero-order valence-electron chi connectivity index (χ0n) is 9.61. The smallest absolute Gasteiger partial charge is 0.342 e. The Hall–Kier alpha value is -1.54. The minimum Gasteiger partial charge on any atom is -0.376 e. The van der Waals surface area contributed by atoms with Gasteiger partial charge in [-0.25, -0.2) is 13.2 Å². The maximum atomic E-state index is 13.5. The second-order valence-electron chi connectivity index (χ2n) is 3.69. The molecule has 0 unspecified atom stereocenters. The maximum absolute atomic E-state index is 13.5. The third kappa shape index (κ3) is 3.13. The average Bonchev–Trinajstić information content (AvgIpc) is 2.35. The van der Waals surface area contributed by atoms with Gasteiger partial charge in [0.05, 0.1) is 0 Å². The van der Waals surface area contributed by atoms with Crippen molar-refractivity contribution in [1.82, 2.24) is 0 Å². The highest BCUT2D eigenvalue weighted by molar-refractivity contribution is 9.10. The second kappa shape index (κ2) is 5.45. The standard InChI is InChI=1S/C12H6BrF3O3S/c13-7-1-3-9(15)12(5-7)20(17,18)19-11-4-2-8(14)6-10(11)16/h1-6H. The summed E-state index contributed by atoms with van der Waals surface area (Å²) in [6, 6.07) is 5.28. The first-order chi connectivity index (χ1) is 9.29. The second-order valence-corrected chi connectivity index (χ2v) is 6.12. The molecular weight excluding hydrogens is 361 g/mol. The van der Waals surface area contributed by atoms with Crippen molar-refractivity contribution in [3.63, 3.8) is 0 Å². The van der Waals surface area contributed by atoms with Gasteiger partial charge in [0.2, 0.25) is 0 Å². The van der Waals surface area contributed by atoms with Crippen molar-refractivity contribution in [2.24, 2.45) is 0 Å². The van der Waals surface area contributed by atoms with Gasteiger partial charge >= 0.3 is 10.1 Å². The molecule has 0 aromatic heterocycles. The first-order valence-corrected chi connectivity index (χ1v) is 7.34. The molecular formula is C12H6BrF3O3S. The van der Waals surface area contributed by atoms with Gasteiger partial charge in [-0.1, -0.05) is 15.9 Å². The van der Waals surface area contributed by atoms with Gasteiger partial charge in [0, 0.05) is 10.5 Å². The Morgan fingerprint density at radius 1 is 0.950 bits per heavy atom. The van der Waals surface area contributed by atoms with Gasteiger partial charge in [-0.3, -0.25) is 0 Å². The van der Waals surface area contributed by atoms with Crippen LogP contribution >= 0.6 is 15.9 Å². The maximum Gasteiger partial charge on any atom is 0.342 e. The van der Waals surface area contributed by atoms with Crippen LogP contribution in [-0.2, 0) is 10.1 Å². The average molecular weight is 367 g/mol. The number of rotatable bonds is 3. The Morgan fingerprint density at radius 3 is 2.30 bits per heavy atom. The molecule has 3 nitrogen and oxygen atoms in total. The Kier molecular flexibility index (Phi) is 4.05. The minimum absolute atomic E-state index is 0.306. The van der Waals surface area contributed by atoms with Gasteiger partial charge in [-0.15, -0.1) is 0 Å². The van der Waals surface area contributed by atoms with Crippen molar-refractivity contribution in [2.45, 2.75) is 4.90 Å². The summed E-state index contributed by atoms with van der Waals surface area (Å²) in [5.41, 5.74) is 0. The molecule has 0 aliphatic heterocycles. The zero-order chi connectivity index (χ0) is 14.9. The van der Waals surface area contributed by atoms with Crippen molar-refractivity contribution < 1.29 is 25.8 Å². The van der Waals surface area contributed by atoms with Crippen LogP contribution in [0.1, 0.15) is 0 Å². The fraction of sp³-hybridized carbons (Fsp3) is 0. The summed E-state index contributed by atoms with van der Waals surface area (Å²) in [5, 5.41) is 0. The van der Waals surface area contributed by atoms with Crippen molar-refractivity contribution in [1.29, 1.82) is 0 Å². The van der Waals surface area contributed by atoms with E-state index in [1.807, 2.05) is 0 Å². The summed E-state index contributed by atoms with van der Waals surface area (Å²) in [5.74, 6) is -3.86. The van der Waals surface area contributed by atoms with Gasteiger partial charge in [-0.2, -0.15) is 8.42 Å². The summed E-state index contributed by atoms with van der Waals surface area (Å²) in [6.07, 6.45) is 0. The number of hydrogen-bond acceptors (Lipinski definition) is 3. The van der Waals surface area contributed by atoms with E-state index in [-0.39, 0.29) is 0 Å². The first kappa shape index (κ1) is 14.9. The third-order valence-corrected chi connectivity index (χ3v) is 4.00. The van der Waals surface area contributed by atoms with E-state index in [4.69, 9.17) is 0 Å². The molecule has 0 saturated carbocycles. The van der Waals surface area contributed by atoms with Crippen LogP contribution in [0.15, 0.2) is 45.8 Å². The lowest BCUT2D eigenvalue weighted by molar-refractivity contribution is 0.451. The van der Waals surface area contributed by atoms with Crippen LogP contribution in [0.25, 0.3) is 0 Å². The molecule has 0 bridgehead atoms. The van der Waals surface area contributed by atoms with Crippen LogP contribution in [0.3, 0.4) is 0 Å². The molecule has 2 rings (SSSR count). The fourth-order valence-electron chi connectivity index (χ4n) is 1.37. The van der Waals surface area contributed by atoms with E-state index in [0.717, 1.165) is 24.3 Å². The van der Waals surface area contributed by atoms with E-state index >= 15 is 0 Å². The SMILES string of the molecule is O=S(=O)(Oc1ccc(F)cc1F)c1cc(Br)ccc1F. The Morgan fingerprint density at radius 2 is 1.65 bits per heavy atom. The summed E-state index contributed by atoms with van der Waals surface area (Å²) < 4.78 is 68.1. The molecule has 20 heavy (non-hydrogen) atoms. The molecule has 0 saturated heterocycles. The highest BCUT2D eigenvalue weighted by Gasteiger charge is 2.23. The molecule has 106 valence electrons. The molecule has 0 atom stereocenters. The Balaban J connectivity index is 2.43. The molecule has 2 aromatic rings. The quantitative estimate of drug-likeness (QED) is 0.779. The minimum atomic E-state index is -4.57. The predicted molar refractivity (Wildman–Crippen MR) is 68.3 cm³/mol.